The molecule has 1 fully saturated rings. The maximum Gasteiger partial charge on any atom is 0.274 e. The predicted molar refractivity (Wildman–Crippen MR) is 68.1 cm³/mol. The number of carbonyl (C=O) groups excluding carboxylic acids is 1. The Hall–Kier alpha value is -1.53. The molecule has 0 radical (unpaired) electrons. The molecule has 1 saturated heterocycles. The van der Waals surface area contributed by atoms with Crippen molar-refractivity contribution in [1.29, 1.82) is 0 Å². The minimum atomic E-state index is -0.0777. The summed E-state index contributed by atoms with van der Waals surface area (Å²) in [6.45, 7) is 4.67. The number of hydrogen-bond donors (Lipinski definition) is 1. The Balaban J connectivity index is 2.14. The maximum absolute atomic E-state index is 12.3. The number of likely N-dealkylation sites (N-methyl/N-ethyl adjacent to an activating group) is 1. The Morgan fingerprint density at radius 2 is 2.22 bits per heavy atom. The maximum atomic E-state index is 12.3. The highest BCUT2D eigenvalue weighted by Crippen LogP contribution is 2.11. The Bertz CT molecular complexity index is 419. The molecule has 1 atom stereocenters. The monoisotopic (exact) mass is 249 g/mol. The summed E-state index contributed by atoms with van der Waals surface area (Å²) in [5.41, 5.74) is 6.94. The van der Waals surface area contributed by atoms with E-state index in [2.05, 4.69) is 14.9 Å². The van der Waals surface area contributed by atoms with Crippen LogP contribution in [0.1, 0.15) is 16.2 Å². The standard InChI is InChI=1S/C12H19N5O/c1-9-6-15-11(7-14-9)12(18)17-4-3-16(2)8-10(17)5-13/h6-7,10H,3-5,8,13H2,1-2H3. The van der Waals surface area contributed by atoms with E-state index in [-0.39, 0.29) is 11.9 Å². The van der Waals surface area contributed by atoms with Crippen LogP contribution in [0.15, 0.2) is 12.4 Å². The highest BCUT2D eigenvalue weighted by atomic mass is 16.2. The van der Waals surface area contributed by atoms with E-state index in [1.165, 1.54) is 6.20 Å². The fourth-order valence-electron chi connectivity index (χ4n) is 2.13. The van der Waals surface area contributed by atoms with Gasteiger partial charge in [0.2, 0.25) is 0 Å². The molecule has 1 aliphatic rings. The second-order valence-electron chi connectivity index (χ2n) is 4.69. The second-order valence-corrected chi connectivity index (χ2v) is 4.69. The number of hydrogen-bond acceptors (Lipinski definition) is 5. The molecule has 1 unspecified atom stereocenters. The molecular formula is C12H19N5O. The first-order valence-corrected chi connectivity index (χ1v) is 6.10. The average Bonchev–Trinajstić information content (AvgIpc) is 2.38. The van der Waals surface area contributed by atoms with Gasteiger partial charge in [0.1, 0.15) is 5.69 Å². The largest absolute Gasteiger partial charge is 0.330 e. The van der Waals surface area contributed by atoms with Gasteiger partial charge in [-0.1, -0.05) is 0 Å². The SMILES string of the molecule is Cc1cnc(C(=O)N2CCN(C)CC2CN)cn1. The van der Waals surface area contributed by atoms with Crippen LogP contribution in [0.5, 0.6) is 0 Å². The third-order valence-corrected chi connectivity index (χ3v) is 3.22. The van der Waals surface area contributed by atoms with Gasteiger partial charge in [0, 0.05) is 32.4 Å². The molecule has 2 N–H and O–H groups in total. The number of piperazine rings is 1. The molecule has 2 heterocycles. The average molecular weight is 249 g/mol. The summed E-state index contributed by atoms with van der Waals surface area (Å²) in [6, 6.07) is 0.0550. The molecule has 1 aromatic heterocycles. The van der Waals surface area contributed by atoms with Gasteiger partial charge in [-0.15, -0.1) is 0 Å². The molecule has 18 heavy (non-hydrogen) atoms. The number of nitrogens with two attached hydrogens (primary N) is 1. The Morgan fingerprint density at radius 1 is 1.44 bits per heavy atom. The molecule has 0 saturated carbocycles. The van der Waals surface area contributed by atoms with E-state index in [1.807, 2.05) is 14.0 Å². The smallest absolute Gasteiger partial charge is 0.274 e. The Kier molecular flexibility index (Phi) is 3.88. The van der Waals surface area contributed by atoms with E-state index in [0.717, 1.165) is 18.8 Å². The highest BCUT2D eigenvalue weighted by Gasteiger charge is 2.29. The number of rotatable bonds is 2. The normalized spacial score (nSPS) is 21.1. The Labute approximate surface area is 107 Å². The van der Waals surface area contributed by atoms with Gasteiger partial charge in [-0.3, -0.25) is 9.78 Å². The topological polar surface area (TPSA) is 75.4 Å². The zero-order chi connectivity index (χ0) is 13.1. The minimum absolute atomic E-state index is 0.0550. The van der Waals surface area contributed by atoms with Crippen LogP contribution in [0.4, 0.5) is 0 Å². The van der Waals surface area contributed by atoms with Gasteiger partial charge in [-0.25, -0.2) is 4.98 Å². The van der Waals surface area contributed by atoms with Crippen molar-refractivity contribution in [3.8, 4) is 0 Å². The van der Waals surface area contributed by atoms with E-state index in [4.69, 9.17) is 5.73 Å². The van der Waals surface area contributed by atoms with Gasteiger partial charge in [-0.2, -0.15) is 0 Å². The summed E-state index contributed by atoms with van der Waals surface area (Å²) < 4.78 is 0. The molecule has 98 valence electrons. The third kappa shape index (κ3) is 2.65. The van der Waals surface area contributed by atoms with E-state index < -0.39 is 0 Å². The molecule has 6 heteroatoms. The van der Waals surface area contributed by atoms with Crippen molar-refractivity contribution in [2.24, 2.45) is 5.73 Å². The van der Waals surface area contributed by atoms with E-state index >= 15 is 0 Å². The van der Waals surface area contributed by atoms with Crippen molar-refractivity contribution in [3.05, 3.63) is 23.8 Å². The summed E-state index contributed by atoms with van der Waals surface area (Å²) >= 11 is 0. The summed E-state index contributed by atoms with van der Waals surface area (Å²) in [5.74, 6) is -0.0777. The van der Waals surface area contributed by atoms with Crippen molar-refractivity contribution < 1.29 is 4.79 Å². The fourth-order valence-corrected chi connectivity index (χ4v) is 2.13. The third-order valence-electron chi connectivity index (χ3n) is 3.22. The molecule has 0 aliphatic carbocycles. The van der Waals surface area contributed by atoms with Gasteiger partial charge in [-0.05, 0) is 14.0 Å². The number of amides is 1. The summed E-state index contributed by atoms with van der Waals surface area (Å²) in [4.78, 5) is 24.6. The second kappa shape index (κ2) is 5.41. The minimum Gasteiger partial charge on any atom is -0.330 e. The molecule has 6 nitrogen and oxygen atoms in total. The van der Waals surface area contributed by atoms with Gasteiger partial charge in [0.25, 0.3) is 5.91 Å². The molecule has 1 aliphatic heterocycles. The van der Waals surface area contributed by atoms with Crippen molar-refractivity contribution in [3.63, 3.8) is 0 Å². The van der Waals surface area contributed by atoms with Crippen molar-refractivity contribution >= 4 is 5.91 Å². The van der Waals surface area contributed by atoms with E-state index in [9.17, 15) is 4.79 Å². The van der Waals surface area contributed by atoms with Crippen LogP contribution in [-0.4, -0.2) is 64.9 Å². The van der Waals surface area contributed by atoms with Gasteiger partial charge in [0.05, 0.1) is 17.9 Å². The van der Waals surface area contributed by atoms with Crippen molar-refractivity contribution in [2.45, 2.75) is 13.0 Å². The summed E-state index contributed by atoms with van der Waals surface area (Å²) in [7, 11) is 2.04. The Morgan fingerprint density at radius 3 is 2.83 bits per heavy atom. The van der Waals surface area contributed by atoms with Crippen LogP contribution in [0.3, 0.4) is 0 Å². The molecule has 1 amide bonds. The van der Waals surface area contributed by atoms with Gasteiger partial charge in [0.15, 0.2) is 0 Å². The van der Waals surface area contributed by atoms with Crippen LogP contribution in [0.2, 0.25) is 0 Å². The molecule has 2 rings (SSSR count). The quantitative estimate of drug-likeness (QED) is 0.765. The van der Waals surface area contributed by atoms with Crippen molar-refractivity contribution in [2.75, 3.05) is 33.2 Å². The highest BCUT2D eigenvalue weighted by molar-refractivity contribution is 5.92. The van der Waals surface area contributed by atoms with E-state index in [1.54, 1.807) is 11.1 Å². The number of carbonyl (C=O) groups is 1. The number of aromatic nitrogens is 2. The molecule has 0 aromatic carbocycles. The van der Waals surface area contributed by atoms with E-state index in [0.29, 0.717) is 18.8 Å². The van der Waals surface area contributed by atoms with Crippen LogP contribution >= 0.6 is 0 Å². The van der Waals surface area contributed by atoms with Crippen molar-refractivity contribution in [1.82, 2.24) is 19.8 Å². The summed E-state index contributed by atoms with van der Waals surface area (Å²) in [5, 5.41) is 0. The zero-order valence-corrected chi connectivity index (χ0v) is 10.8. The lowest BCUT2D eigenvalue weighted by molar-refractivity contribution is 0.0509. The van der Waals surface area contributed by atoms with Gasteiger partial charge < -0.3 is 15.5 Å². The molecule has 1 aromatic rings. The van der Waals surface area contributed by atoms with Gasteiger partial charge >= 0.3 is 0 Å². The summed E-state index contributed by atoms with van der Waals surface area (Å²) in [6.07, 6.45) is 3.14. The van der Waals surface area contributed by atoms with Crippen LogP contribution in [-0.2, 0) is 0 Å². The molecular weight excluding hydrogens is 230 g/mol. The fraction of sp³-hybridized carbons (Fsp3) is 0.583. The lowest BCUT2D eigenvalue weighted by Crippen LogP contribution is -2.56. The number of aryl methyl sites for hydroxylation is 1. The number of nitrogens with zero attached hydrogens (tertiary/aromatic N) is 4. The van der Waals surface area contributed by atoms with Crippen LogP contribution in [0, 0.1) is 6.92 Å². The van der Waals surface area contributed by atoms with Crippen LogP contribution < -0.4 is 5.73 Å². The zero-order valence-electron chi connectivity index (χ0n) is 10.8. The molecule has 0 spiro atoms. The first-order valence-electron chi connectivity index (χ1n) is 6.10. The lowest BCUT2D eigenvalue weighted by Gasteiger charge is -2.39. The first kappa shape index (κ1) is 12.9. The van der Waals surface area contributed by atoms with Crippen LogP contribution in [0.25, 0.3) is 0 Å². The molecule has 0 bridgehead atoms. The lowest BCUT2D eigenvalue weighted by atomic mass is 10.1. The predicted octanol–water partition coefficient (Wildman–Crippen LogP) is -0.500. The first-order chi connectivity index (χ1) is 8.61.